The van der Waals surface area contributed by atoms with Crippen molar-refractivity contribution < 1.29 is 19.2 Å². The maximum absolute atomic E-state index is 12.1. The minimum absolute atomic E-state index is 0.0512. The first-order valence-electron chi connectivity index (χ1n) is 9.08. The minimum Gasteiger partial charge on any atom is -0.352 e. The lowest BCUT2D eigenvalue weighted by atomic mass is 10.1. The molecule has 0 atom stereocenters. The van der Waals surface area contributed by atoms with Gasteiger partial charge >= 0.3 is 6.03 Å². The molecule has 0 bridgehead atoms. The second-order valence-corrected chi connectivity index (χ2v) is 7.35. The Morgan fingerprint density at radius 1 is 1.19 bits per heavy atom. The van der Waals surface area contributed by atoms with Crippen molar-refractivity contribution >= 4 is 29.4 Å². The zero-order chi connectivity index (χ0) is 19.6. The topological polar surface area (TPSA) is 98.8 Å². The van der Waals surface area contributed by atoms with Gasteiger partial charge in [-0.25, -0.2) is 4.79 Å². The highest BCUT2D eigenvalue weighted by Crippen LogP contribution is 2.21. The second-order valence-electron chi connectivity index (χ2n) is 7.35. The molecule has 0 aliphatic carbocycles. The molecule has 8 heteroatoms. The normalized spacial score (nSPS) is 18.8. The molecule has 1 aromatic carbocycles. The molecule has 2 heterocycles. The number of hydrogen-bond donors (Lipinski definition) is 2. The van der Waals surface area contributed by atoms with Crippen molar-refractivity contribution in [2.45, 2.75) is 45.2 Å². The van der Waals surface area contributed by atoms with E-state index in [0.717, 1.165) is 29.1 Å². The Balaban J connectivity index is 1.46. The van der Waals surface area contributed by atoms with Crippen LogP contribution in [0.3, 0.4) is 0 Å². The van der Waals surface area contributed by atoms with E-state index < -0.39 is 11.6 Å². The number of amides is 5. The zero-order valence-electron chi connectivity index (χ0n) is 15.6. The summed E-state index contributed by atoms with van der Waals surface area (Å²) in [6, 6.07) is 7.03. The van der Waals surface area contributed by atoms with Gasteiger partial charge in [-0.2, -0.15) is 0 Å². The summed E-state index contributed by atoms with van der Waals surface area (Å²) in [5, 5.41) is 5.37. The Morgan fingerprint density at radius 2 is 1.89 bits per heavy atom. The van der Waals surface area contributed by atoms with Crippen LogP contribution in [0, 0.1) is 0 Å². The number of anilines is 1. The van der Waals surface area contributed by atoms with Crippen molar-refractivity contribution in [3.05, 3.63) is 29.8 Å². The summed E-state index contributed by atoms with van der Waals surface area (Å²) in [6.07, 6.45) is 1.52. The van der Waals surface area contributed by atoms with Gasteiger partial charge in [-0.1, -0.05) is 12.1 Å². The highest BCUT2D eigenvalue weighted by molar-refractivity contribution is 6.06. The van der Waals surface area contributed by atoms with Gasteiger partial charge in [-0.05, 0) is 38.0 Å². The number of urea groups is 1. The quantitative estimate of drug-likeness (QED) is 0.732. The predicted octanol–water partition coefficient (Wildman–Crippen LogP) is 1.15. The first-order valence-corrected chi connectivity index (χ1v) is 9.08. The molecule has 0 unspecified atom stereocenters. The fourth-order valence-electron chi connectivity index (χ4n) is 3.24. The number of nitrogens with zero attached hydrogens (tertiary/aromatic N) is 2. The Bertz CT molecular complexity index is 772. The highest BCUT2D eigenvalue weighted by atomic mass is 16.2. The molecule has 2 aliphatic rings. The monoisotopic (exact) mass is 372 g/mol. The van der Waals surface area contributed by atoms with Crippen LogP contribution in [0.15, 0.2) is 24.3 Å². The smallest absolute Gasteiger partial charge is 0.325 e. The number of benzene rings is 1. The van der Waals surface area contributed by atoms with Gasteiger partial charge in [0.25, 0.3) is 5.91 Å². The third-order valence-corrected chi connectivity index (χ3v) is 4.82. The molecule has 3 rings (SSSR count). The number of imide groups is 1. The SMILES string of the molecule is CC1(C)NC(=O)N(CCC(=O)NCc2ccc(N3CCCC3=O)cc2)C1=O. The minimum atomic E-state index is -0.925. The van der Waals surface area contributed by atoms with Crippen LogP contribution in [0.2, 0.25) is 0 Å². The van der Waals surface area contributed by atoms with Crippen LogP contribution < -0.4 is 15.5 Å². The zero-order valence-corrected chi connectivity index (χ0v) is 15.6. The summed E-state index contributed by atoms with van der Waals surface area (Å²) in [4.78, 5) is 50.5. The summed E-state index contributed by atoms with van der Waals surface area (Å²) in [5.74, 6) is -0.425. The third kappa shape index (κ3) is 4.10. The van der Waals surface area contributed by atoms with Crippen molar-refractivity contribution in [2.24, 2.45) is 0 Å². The molecular formula is C19H24N4O4. The van der Waals surface area contributed by atoms with Crippen LogP contribution in [-0.4, -0.2) is 47.3 Å². The lowest BCUT2D eigenvalue weighted by Gasteiger charge is -2.16. The largest absolute Gasteiger partial charge is 0.352 e. The third-order valence-electron chi connectivity index (χ3n) is 4.82. The first kappa shape index (κ1) is 18.9. The summed E-state index contributed by atoms with van der Waals surface area (Å²) in [6.45, 7) is 4.41. The average Bonchev–Trinajstić information content (AvgIpc) is 3.13. The highest BCUT2D eigenvalue weighted by Gasteiger charge is 2.43. The van der Waals surface area contributed by atoms with Gasteiger partial charge in [0, 0.05) is 38.2 Å². The van der Waals surface area contributed by atoms with E-state index in [0.29, 0.717) is 13.0 Å². The number of hydrogen-bond acceptors (Lipinski definition) is 4. The molecule has 1 aromatic rings. The molecule has 144 valence electrons. The van der Waals surface area contributed by atoms with E-state index in [1.807, 2.05) is 24.3 Å². The second kappa shape index (κ2) is 7.38. The van der Waals surface area contributed by atoms with Gasteiger partial charge in [-0.15, -0.1) is 0 Å². The van der Waals surface area contributed by atoms with Crippen LogP contribution >= 0.6 is 0 Å². The van der Waals surface area contributed by atoms with Crippen molar-refractivity contribution in [3.8, 4) is 0 Å². The van der Waals surface area contributed by atoms with Crippen molar-refractivity contribution in [2.75, 3.05) is 18.0 Å². The van der Waals surface area contributed by atoms with Gasteiger partial charge < -0.3 is 15.5 Å². The van der Waals surface area contributed by atoms with Crippen molar-refractivity contribution in [1.82, 2.24) is 15.5 Å². The van der Waals surface area contributed by atoms with Crippen LogP contribution in [0.1, 0.15) is 38.7 Å². The number of nitrogens with one attached hydrogen (secondary N) is 2. The Morgan fingerprint density at radius 3 is 2.44 bits per heavy atom. The van der Waals surface area contributed by atoms with E-state index in [1.165, 1.54) is 0 Å². The number of rotatable bonds is 6. The van der Waals surface area contributed by atoms with E-state index in [9.17, 15) is 19.2 Å². The van der Waals surface area contributed by atoms with E-state index in [2.05, 4.69) is 10.6 Å². The van der Waals surface area contributed by atoms with Crippen LogP contribution in [0.4, 0.5) is 10.5 Å². The fraction of sp³-hybridized carbons (Fsp3) is 0.474. The van der Waals surface area contributed by atoms with Gasteiger partial charge in [0.1, 0.15) is 5.54 Å². The van der Waals surface area contributed by atoms with Gasteiger partial charge in [0.2, 0.25) is 11.8 Å². The summed E-state index contributed by atoms with van der Waals surface area (Å²) < 4.78 is 0. The molecule has 8 nitrogen and oxygen atoms in total. The summed E-state index contributed by atoms with van der Waals surface area (Å²) in [7, 11) is 0. The maximum atomic E-state index is 12.1. The molecule has 0 spiro atoms. The first-order chi connectivity index (χ1) is 12.8. The summed E-state index contributed by atoms with van der Waals surface area (Å²) in [5.41, 5.74) is 0.857. The molecule has 0 aromatic heterocycles. The molecular weight excluding hydrogens is 348 g/mol. The Labute approximate surface area is 157 Å². The molecule has 2 saturated heterocycles. The van der Waals surface area contributed by atoms with Crippen LogP contribution in [0.5, 0.6) is 0 Å². The van der Waals surface area contributed by atoms with Crippen LogP contribution in [0.25, 0.3) is 0 Å². The molecule has 0 saturated carbocycles. The average molecular weight is 372 g/mol. The lowest BCUT2D eigenvalue weighted by Crippen LogP contribution is -2.40. The molecule has 5 amide bonds. The van der Waals surface area contributed by atoms with Crippen molar-refractivity contribution in [3.63, 3.8) is 0 Å². The number of carbonyl (C=O) groups is 4. The number of carbonyl (C=O) groups excluding carboxylic acids is 4. The van der Waals surface area contributed by atoms with E-state index in [4.69, 9.17) is 0 Å². The Kier molecular flexibility index (Phi) is 5.16. The van der Waals surface area contributed by atoms with Crippen LogP contribution in [-0.2, 0) is 20.9 Å². The predicted molar refractivity (Wildman–Crippen MR) is 98.8 cm³/mol. The van der Waals surface area contributed by atoms with Gasteiger partial charge in [0.05, 0.1) is 0 Å². The molecule has 2 aliphatic heterocycles. The Hall–Kier alpha value is -2.90. The fourth-order valence-corrected chi connectivity index (χ4v) is 3.24. The molecule has 27 heavy (non-hydrogen) atoms. The molecule has 2 N–H and O–H groups in total. The van der Waals surface area contributed by atoms with E-state index in [-0.39, 0.29) is 30.7 Å². The maximum Gasteiger partial charge on any atom is 0.325 e. The molecule has 2 fully saturated rings. The van der Waals surface area contributed by atoms with Gasteiger partial charge in [-0.3, -0.25) is 19.3 Å². The van der Waals surface area contributed by atoms with Crippen molar-refractivity contribution in [1.29, 1.82) is 0 Å². The molecule has 0 radical (unpaired) electrons. The van der Waals surface area contributed by atoms with Gasteiger partial charge in [0.15, 0.2) is 0 Å². The summed E-state index contributed by atoms with van der Waals surface area (Å²) >= 11 is 0. The van der Waals surface area contributed by atoms with E-state index in [1.54, 1.807) is 18.7 Å². The standard InChI is InChI=1S/C19H24N4O4/c1-19(2)17(26)23(18(27)21-19)11-9-15(24)20-12-13-5-7-14(8-6-13)22-10-3-4-16(22)25/h5-8H,3-4,9-12H2,1-2H3,(H,20,24)(H,21,27). The lowest BCUT2D eigenvalue weighted by molar-refractivity contribution is -0.130. The van der Waals surface area contributed by atoms with E-state index >= 15 is 0 Å².